The van der Waals surface area contributed by atoms with E-state index < -0.39 is 5.60 Å². The number of carbonyl (C=O) groups excluding carboxylic acids is 1. The molecule has 0 unspecified atom stereocenters. The molecule has 3 nitrogen and oxygen atoms in total. The van der Waals surface area contributed by atoms with E-state index in [0.29, 0.717) is 6.42 Å². The fraction of sp³-hybridized carbons (Fsp3) is 0.889. The third-order valence-electron chi connectivity index (χ3n) is 2.14. The summed E-state index contributed by atoms with van der Waals surface area (Å²) >= 11 is 0. The van der Waals surface area contributed by atoms with Crippen LogP contribution in [0.5, 0.6) is 0 Å². The standard InChI is InChI=1S/C9H19NO2/c1-7(11)8(2,3)6-9(4,5)12-10/h6,10H2,1-5H3. The number of hydrogen-bond donors (Lipinski definition) is 1. The van der Waals surface area contributed by atoms with Gasteiger partial charge in [-0.1, -0.05) is 13.8 Å². The molecule has 0 spiro atoms. The molecular weight excluding hydrogens is 154 g/mol. The molecule has 0 atom stereocenters. The van der Waals surface area contributed by atoms with Crippen LogP contribution in [0.1, 0.15) is 41.0 Å². The summed E-state index contributed by atoms with van der Waals surface area (Å²) in [7, 11) is 0. The summed E-state index contributed by atoms with van der Waals surface area (Å²) in [6, 6.07) is 0. The fourth-order valence-electron chi connectivity index (χ4n) is 1.23. The Morgan fingerprint density at radius 2 is 1.75 bits per heavy atom. The van der Waals surface area contributed by atoms with Crippen molar-refractivity contribution < 1.29 is 9.63 Å². The van der Waals surface area contributed by atoms with Gasteiger partial charge in [-0.15, -0.1) is 0 Å². The van der Waals surface area contributed by atoms with Crippen molar-refractivity contribution in [3.05, 3.63) is 0 Å². The van der Waals surface area contributed by atoms with E-state index in [1.54, 1.807) is 6.92 Å². The summed E-state index contributed by atoms with van der Waals surface area (Å²) in [5.41, 5.74) is -0.794. The molecule has 0 aromatic carbocycles. The maximum Gasteiger partial charge on any atom is 0.135 e. The van der Waals surface area contributed by atoms with Crippen LogP contribution >= 0.6 is 0 Å². The Morgan fingerprint density at radius 3 is 2.00 bits per heavy atom. The average Bonchev–Trinajstić information content (AvgIpc) is 1.85. The third kappa shape index (κ3) is 3.32. The van der Waals surface area contributed by atoms with E-state index in [1.165, 1.54) is 0 Å². The largest absolute Gasteiger partial charge is 0.299 e. The van der Waals surface area contributed by atoms with Gasteiger partial charge in [-0.3, -0.25) is 9.63 Å². The lowest BCUT2D eigenvalue weighted by atomic mass is 9.79. The van der Waals surface area contributed by atoms with E-state index in [9.17, 15) is 4.79 Å². The molecule has 0 aliphatic heterocycles. The van der Waals surface area contributed by atoms with E-state index in [0.717, 1.165) is 0 Å². The molecule has 0 aliphatic carbocycles. The first-order chi connectivity index (χ1) is 5.21. The molecule has 72 valence electrons. The Morgan fingerprint density at radius 1 is 1.33 bits per heavy atom. The first-order valence-electron chi connectivity index (χ1n) is 4.10. The van der Waals surface area contributed by atoms with Crippen molar-refractivity contribution in [3.63, 3.8) is 0 Å². The molecule has 0 saturated heterocycles. The van der Waals surface area contributed by atoms with Gasteiger partial charge in [0.25, 0.3) is 0 Å². The molecular formula is C9H19NO2. The SMILES string of the molecule is CC(=O)C(C)(C)CC(C)(C)ON. The summed E-state index contributed by atoms with van der Waals surface area (Å²) in [6.07, 6.45) is 0.631. The topological polar surface area (TPSA) is 52.3 Å². The van der Waals surface area contributed by atoms with Crippen LogP contribution in [0.15, 0.2) is 0 Å². The zero-order valence-electron chi connectivity index (χ0n) is 8.60. The van der Waals surface area contributed by atoms with E-state index in [2.05, 4.69) is 0 Å². The molecule has 0 saturated carbocycles. The van der Waals surface area contributed by atoms with Gasteiger partial charge < -0.3 is 0 Å². The van der Waals surface area contributed by atoms with Crippen LogP contribution in [0.3, 0.4) is 0 Å². The third-order valence-corrected chi connectivity index (χ3v) is 2.14. The van der Waals surface area contributed by atoms with Gasteiger partial charge in [-0.2, -0.15) is 0 Å². The summed E-state index contributed by atoms with van der Waals surface area (Å²) in [6.45, 7) is 9.13. The minimum atomic E-state index is -0.435. The van der Waals surface area contributed by atoms with Crippen LogP contribution in [0.25, 0.3) is 0 Å². The molecule has 2 N–H and O–H groups in total. The van der Waals surface area contributed by atoms with Gasteiger partial charge in [0.05, 0.1) is 5.60 Å². The molecule has 0 fully saturated rings. The molecule has 0 aromatic rings. The summed E-state index contributed by atoms with van der Waals surface area (Å²) < 4.78 is 0. The molecule has 0 heterocycles. The number of ketones is 1. The number of nitrogens with two attached hydrogens (primary N) is 1. The quantitative estimate of drug-likeness (QED) is 0.658. The van der Waals surface area contributed by atoms with Crippen molar-refractivity contribution in [2.75, 3.05) is 0 Å². The molecule has 0 aromatic heterocycles. The Hall–Kier alpha value is -0.410. The summed E-state index contributed by atoms with van der Waals surface area (Å²) in [5, 5.41) is 0. The second kappa shape index (κ2) is 3.54. The monoisotopic (exact) mass is 173 g/mol. The lowest BCUT2D eigenvalue weighted by Gasteiger charge is -2.31. The number of carbonyl (C=O) groups is 1. The zero-order chi connectivity index (χ0) is 9.99. The van der Waals surface area contributed by atoms with E-state index in [4.69, 9.17) is 10.7 Å². The van der Waals surface area contributed by atoms with Crippen molar-refractivity contribution in [1.82, 2.24) is 0 Å². The average molecular weight is 173 g/mol. The van der Waals surface area contributed by atoms with Gasteiger partial charge in [-0.05, 0) is 27.2 Å². The van der Waals surface area contributed by atoms with Gasteiger partial charge in [0.2, 0.25) is 0 Å². The minimum absolute atomic E-state index is 0.160. The highest BCUT2D eigenvalue weighted by atomic mass is 16.6. The summed E-state index contributed by atoms with van der Waals surface area (Å²) in [4.78, 5) is 15.9. The maximum absolute atomic E-state index is 11.2. The van der Waals surface area contributed by atoms with Crippen molar-refractivity contribution in [1.29, 1.82) is 0 Å². The second-order valence-electron chi connectivity index (χ2n) is 4.49. The molecule has 0 radical (unpaired) electrons. The van der Waals surface area contributed by atoms with Crippen molar-refractivity contribution in [3.8, 4) is 0 Å². The molecule has 12 heavy (non-hydrogen) atoms. The highest BCUT2D eigenvalue weighted by Gasteiger charge is 2.32. The predicted molar refractivity (Wildman–Crippen MR) is 48.4 cm³/mol. The molecule has 0 bridgehead atoms. The van der Waals surface area contributed by atoms with Crippen LogP contribution in [-0.2, 0) is 9.63 Å². The number of hydrogen-bond acceptors (Lipinski definition) is 3. The lowest BCUT2D eigenvalue weighted by Crippen LogP contribution is -2.37. The van der Waals surface area contributed by atoms with Gasteiger partial charge in [-0.25, -0.2) is 5.90 Å². The van der Waals surface area contributed by atoms with Gasteiger partial charge >= 0.3 is 0 Å². The smallest absolute Gasteiger partial charge is 0.135 e. The Kier molecular flexibility index (Phi) is 3.42. The van der Waals surface area contributed by atoms with Crippen LogP contribution in [0, 0.1) is 5.41 Å². The van der Waals surface area contributed by atoms with E-state index in [1.807, 2.05) is 27.7 Å². The maximum atomic E-state index is 11.2. The van der Waals surface area contributed by atoms with Gasteiger partial charge in [0, 0.05) is 5.41 Å². The van der Waals surface area contributed by atoms with Crippen molar-refractivity contribution >= 4 is 5.78 Å². The Bertz CT molecular complexity index is 173. The molecule has 3 heteroatoms. The van der Waals surface area contributed by atoms with Crippen LogP contribution in [0.2, 0.25) is 0 Å². The fourth-order valence-corrected chi connectivity index (χ4v) is 1.23. The van der Waals surface area contributed by atoms with Crippen LogP contribution in [-0.4, -0.2) is 11.4 Å². The highest BCUT2D eigenvalue weighted by molar-refractivity contribution is 5.81. The lowest BCUT2D eigenvalue weighted by molar-refractivity contribution is -0.130. The molecule has 0 rings (SSSR count). The minimum Gasteiger partial charge on any atom is -0.299 e. The van der Waals surface area contributed by atoms with Crippen molar-refractivity contribution in [2.24, 2.45) is 11.3 Å². The predicted octanol–water partition coefficient (Wildman–Crippen LogP) is 1.66. The van der Waals surface area contributed by atoms with Gasteiger partial charge in [0.15, 0.2) is 0 Å². The zero-order valence-corrected chi connectivity index (χ0v) is 8.60. The normalized spacial score (nSPS) is 13.2. The van der Waals surface area contributed by atoms with E-state index in [-0.39, 0.29) is 11.2 Å². The molecule has 0 aliphatic rings. The molecule has 0 amide bonds. The van der Waals surface area contributed by atoms with E-state index >= 15 is 0 Å². The van der Waals surface area contributed by atoms with Gasteiger partial charge in [0.1, 0.15) is 5.78 Å². The Balaban J connectivity index is 4.34. The number of Topliss-reactive ketones (excluding diaryl/α,β-unsaturated/α-hetero) is 1. The van der Waals surface area contributed by atoms with Crippen LogP contribution < -0.4 is 5.90 Å². The Labute approximate surface area is 74.2 Å². The summed E-state index contributed by atoms with van der Waals surface area (Å²) in [5.74, 6) is 5.26. The first kappa shape index (κ1) is 11.6. The first-order valence-corrected chi connectivity index (χ1v) is 4.10. The van der Waals surface area contributed by atoms with Crippen molar-refractivity contribution in [2.45, 2.75) is 46.6 Å². The second-order valence-corrected chi connectivity index (χ2v) is 4.49. The number of rotatable bonds is 4. The highest BCUT2D eigenvalue weighted by Crippen LogP contribution is 2.29. The van der Waals surface area contributed by atoms with Crippen LogP contribution in [0.4, 0.5) is 0 Å².